The van der Waals surface area contributed by atoms with Crippen LogP contribution in [0.25, 0.3) is 0 Å². The number of halogens is 1. The summed E-state index contributed by atoms with van der Waals surface area (Å²) in [6, 6.07) is 16.6. The van der Waals surface area contributed by atoms with Crippen LogP contribution in [-0.2, 0) is 6.42 Å². The molecule has 25 heavy (non-hydrogen) atoms. The number of rotatable bonds is 3. The lowest BCUT2D eigenvalue weighted by atomic mass is 10.0. The smallest absolute Gasteiger partial charge is 0.231 e. The molecule has 0 radical (unpaired) electrons. The van der Waals surface area contributed by atoms with Gasteiger partial charge in [-0.25, -0.2) is 4.98 Å². The topological polar surface area (TPSA) is 41.1 Å². The number of nitrogens with one attached hydrogen (secondary N) is 1. The number of nitrogens with zero attached hydrogens (tertiary/aromatic N) is 3. The number of fused-ring (bicyclic) bond motifs is 1. The van der Waals surface area contributed by atoms with Crippen LogP contribution in [0.3, 0.4) is 0 Å². The van der Waals surface area contributed by atoms with Crippen molar-refractivity contribution in [3.8, 4) is 0 Å². The molecule has 4 nitrogen and oxygen atoms in total. The molecule has 1 aliphatic rings. The summed E-state index contributed by atoms with van der Waals surface area (Å²) in [7, 11) is 0. The molecule has 0 bridgehead atoms. The normalized spacial score (nSPS) is 13.4. The summed E-state index contributed by atoms with van der Waals surface area (Å²) in [5.74, 6) is 1.55. The highest BCUT2D eigenvalue weighted by atomic mass is 79.9. The van der Waals surface area contributed by atoms with Gasteiger partial charge in [0.2, 0.25) is 5.95 Å². The number of anilines is 4. The molecule has 5 heteroatoms. The Kier molecular flexibility index (Phi) is 4.40. The molecule has 3 aromatic rings. The molecular formula is C20H19BrN4. The Hall–Kier alpha value is -2.40. The minimum absolute atomic E-state index is 0.743. The van der Waals surface area contributed by atoms with Crippen LogP contribution in [-0.4, -0.2) is 16.5 Å². The third-order valence-corrected chi connectivity index (χ3v) is 4.94. The molecule has 0 unspecified atom stereocenters. The van der Waals surface area contributed by atoms with E-state index < -0.39 is 0 Å². The van der Waals surface area contributed by atoms with Crippen molar-refractivity contribution >= 4 is 39.1 Å². The number of hydrogen-bond donors (Lipinski definition) is 1. The van der Waals surface area contributed by atoms with Crippen molar-refractivity contribution in [2.75, 3.05) is 16.8 Å². The highest BCUT2D eigenvalue weighted by Gasteiger charge is 2.19. The zero-order valence-corrected chi connectivity index (χ0v) is 15.6. The summed E-state index contributed by atoms with van der Waals surface area (Å²) >= 11 is 3.50. The molecule has 1 N–H and O–H groups in total. The molecular weight excluding hydrogens is 376 g/mol. The van der Waals surface area contributed by atoms with Crippen LogP contribution in [0.5, 0.6) is 0 Å². The lowest BCUT2D eigenvalue weighted by molar-refractivity contribution is 0.751. The molecule has 0 saturated heterocycles. The monoisotopic (exact) mass is 394 g/mol. The minimum atomic E-state index is 0.743. The lowest BCUT2D eigenvalue weighted by Crippen LogP contribution is -2.26. The van der Waals surface area contributed by atoms with E-state index >= 15 is 0 Å². The van der Waals surface area contributed by atoms with Crippen LogP contribution in [0.15, 0.2) is 59.2 Å². The van der Waals surface area contributed by atoms with E-state index in [0.29, 0.717) is 0 Å². The van der Waals surface area contributed by atoms with E-state index in [1.807, 2.05) is 18.3 Å². The Morgan fingerprint density at radius 3 is 2.88 bits per heavy atom. The number of aromatic nitrogens is 2. The standard InChI is InChI=1S/C20H19BrN4/c1-14-13-16(21)8-9-17(14)23-19-10-11-22-20(24-19)25-12-4-6-15-5-2-3-7-18(15)25/h2-3,5,7-11,13H,4,6,12H2,1H3,(H,22,23,24). The average Bonchev–Trinajstić information content (AvgIpc) is 2.64. The number of para-hydroxylation sites is 1. The molecule has 0 amide bonds. The second-order valence-corrected chi connectivity index (χ2v) is 7.13. The van der Waals surface area contributed by atoms with Crippen molar-refractivity contribution in [2.24, 2.45) is 0 Å². The average molecular weight is 395 g/mol. The van der Waals surface area contributed by atoms with Gasteiger partial charge in [0, 0.05) is 28.6 Å². The number of aryl methyl sites for hydroxylation is 2. The molecule has 4 rings (SSSR count). The van der Waals surface area contributed by atoms with Gasteiger partial charge in [-0.3, -0.25) is 0 Å². The lowest BCUT2D eigenvalue weighted by Gasteiger charge is -2.29. The maximum Gasteiger partial charge on any atom is 0.231 e. The first kappa shape index (κ1) is 16.1. The summed E-state index contributed by atoms with van der Waals surface area (Å²) in [5.41, 5.74) is 4.79. The molecule has 0 spiro atoms. The van der Waals surface area contributed by atoms with E-state index in [9.17, 15) is 0 Å². The van der Waals surface area contributed by atoms with Gasteiger partial charge in [-0.05, 0) is 61.2 Å². The highest BCUT2D eigenvalue weighted by molar-refractivity contribution is 9.10. The summed E-state index contributed by atoms with van der Waals surface area (Å²) < 4.78 is 1.07. The zero-order chi connectivity index (χ0) is 17.2. The third-order valence-electron chi connectivity index (χ3n) is 4.45. The minimum Gasteiger partial charge on any atom is -0.340 e. The van der Waals surface area contributed by atoms with Crippen LogP contribution < -0.4 is 10.2 Å². The van der Waals surface area contributed by atoms with Crippen LogP contribution in [0.2, 0.25) is 0 Å². The maximum absolute atomic E-state index is 4.75. The van der Waals surface area contributed by atoms with E-state index in [-0.39, 0.29) is 0 Å². The summed E-state index contributed by atoms with van der Waals surface area (Å²) in [5, 5.41) is 3.40. The first-order valence-corrected chi connectivity index (χ1v) is 9.22. The predicted molar refractivity (Wildman–Crippen MR) is 106 cm³/mol. The second kappa shape index (κ2) is 6.84. The van der Waals surface area contributed by atoms with Gasteiger partial charge in [-0.2, -0.15) is 4.98 Å². The van der Waals surface area contributed by atoms with Crippen LogP contribution >= 0.6 is 15.9 Å². The molecule has 2 aromatic carbocycles. The predicted octanol–water partition coefficient (Wildman–Crippen LogP) is 5.38. The van der Waals surface area contributed by atoms with Gasteiger partial charge in [-0.15, -0.1) is 0 Å². The van der Waals surface area contributed by atoms with Gasteiger partial charge in [-0.1, -0.05) is 34.1 Å². The summed E-state index contributed by atoms with van der Waals surface area (Å²) in [4.78, 5) is 11.5. The second-order valence-electron chi connectivity index (χ2n) is 6.21. The van der Waals surface area contributed by atoms with Crippen molar-refractivity contribution in [3.05, 3.63) is 70.3 Å². The Balaban J connectivity index is 1.64. The van der Waals surface area contributed by atoms with E-state index in [1.54, 1.807) is 0 Å². The molecule has 126 valence electrons. The fourth-order valence-corrected chi connectivity index (χ4v) is 3.67. The Morgan fingerprint density at radius 1 is 1.12 bits per heavy atom. The number of benzene rings is 2. The van der Waals surface area contributed by atoms with E-state index in [2.05, 4.69) is 74.5 Å². The zero-order valence-electron chi connectivity index (χ0n) is 14.0. The van der Waals surface area contributed by atoms with Gasteiger partial charge < -0.3 is 10.2 Å². The van der Waals surface area contributed by atoms with Crippen LogP contribution in [0.4, 0.5) is 23.1 Å². The van der Waals surface area contributed by atoms with Crippen LogP contribution in [0, 0.1) is 6.92 Å². The van der Waals surface area contributed by atoms with Crippen molar-refractivity contribution in [3.63, 3.8) is 0 Å². The summed E-state index contributed by atoms with van der Waals surface area (Å²) in [6.45, 7) is 3.02. The first-order chi connectivity index (χ1) is 12.2. The molecule has 0 fully saturated rings. The van der Waals surface area contributed by atoms with Crippen molar-refractivity contribution in [2.45, 2.75) is 19.8 Å². The third kappa shape index (κ3) is 3.37. The van der Waals surface area contributed by atoms with Gasteiger partial charge in [0.1, 0.15) is 5.82 Å². The first-order valence-electron chi connectivity index (χ1n) is 8.42. The highest BCUT2D eigenvalue weighted by Crippen LogP contribution is 2.32. The summed E-state index contributed by atoms with van der Waals surface area (Å²) in [6.07, 6.45) is 4.04. The van der Waals surface area contributed by atoms with E-state index in [4.69, 9.17) is 4.98 Å². The number of hydrogen-bond acceptors (Lipinski definition) is 4. The molecule has 0 atom stereocenters. The van der Waals surface area contributed by atoms with Crippen molar-refractivity contribution in [1.29, 1.82) is 0 Å². The van der Waals surface area contributed by atoms with Gasteiger partial charge in [0.15, 0.2) is 0 Å². The Morgan fingerprint density at radius 2 is 2.00 bits per heavy atom. The van der Waals surface area contributed by atoms with Gasteiger partial charge in [0.25, 0.3) is 0 Å². The molecule has 0 aliphatic carbocycles. The molecule has 1 aromatic heterocycles. The van der Waals surface area contributed by atoms with Crippen LogP contribution in [0.1, 0.15) is 17.5 Å². The van der Waals surface area contributed by atoms with E-state index in [1.165, 1.54) is 11.3 Å². The largest absolute Gasteiger partial charge is 0.340 e. The molecule has 0 saturated carbocycles. The van der Waals surface area contributed by atoms with Crippen molar-refractivity contribution < 1.29 is 0 Å². The Bertz CT molecular complexity index is 910. The fourth-order valence-electron chi connectivity index (χ4n) is 3.19. The van der Waals surface area contributed by atoms with E-state index in [0.717, 1.165) is 46.9 Å². The molecule has 1 aliphatic heterocycles. The maximum atomic E-state index is 4.75. The quantitative estimate of drug-likeness (QED) is 0.647. The molecule has 2 heterocycles. The fraction of sp³-hybridized carbons (Fsp3) is 0.200. The Labute approximate surface area is 156 Å². The SMILES string of the molecule is Cc1cc(Br)ccc1Nc1ccnc(N2CCCc3ccccc32)n1. The van der Waals surface area contributed by atoms with Crippen molar-refractivity contribution in [1.82, 2.24) is 9.97 Å². The van der Waals surface area contributed by atoms with Gasteiger partial charge >= 0.3 is 0 Å². The van der Waals surface area contributed by atoms with Gasteiger partial charge in [0.05, 0.1) is 0 Å².